The number of hydrogen-bond acceptors (Lipinski definition) is 2. The van der Waals surface area contributed by atoms with Crippen molar-refractivity contribution in [2.75, 3.05) is 7.11 Å². The Morgan fingerprint density at radius 3 is 2.56 bits per heavy atom. The summed E-state index contributed by atoms with van der Waals surface area (Å²) in [7, 11) is 1.70. The molecule has 2 rings (SSSR count). The van der Waals surface area contributed by atoms with E-state index in [2.05, 4.69) is 26.0 Å². The highest BCUT2D eigenvalue weighted by atomic mass is 16.5. The molecule has 1 aromatic rings. The maximum Gasteiger partial charge on any atom is 0.119 e. The van der Waals surface area contributed by atoms with E-state index in [4.69, 9.17) is 9.47 Å². The lowest BCUT2D eigenvalue weighted by atomic mass is 9.89. The average molecular weight is 222 g/mol. The summed E-state index contributed by atoms with van der Waals surface area (Å²) in [6, 6.07) is 6.21. The summed E-state index contributed by atoms with van der Waals surface area (Å²) < 4.78 is 10.9. The zero-order chi connectivity index (χ0) is 12.1. The fraction of sp³-hybridized carbons (Fsp3) is 0.571. The highest BCUT2D eigenvalue weighted by molar-refractivity contribution is 5.38. The molecule has 16 heavy (non-hydrogen) atoms. The SMILES string of the molecule is CC.COc1ccc2c(c1)C(C)[C@H](C)OC2. The predicted octanol–water partition coefficient (Wildman–Crippen LogP) is 3.74. The first kappa shape index (κ1) is 13.0. The Bertz CT molecular complexity index is 334. The quantitative estimate of drug-likeness (QED) is 0.720. The summed E-state index contributed by atoms with van der Waals surface area (Å²) in [6.45, 7) is 9.04. The number of benzene rings is 1. The fourth-order valence-corrected chi connectivity index (χ4v) is 1.87. The van der Waals surface area contributed by atoms with Crippen molar-refractivity contribution >= 4 is 0 Å². The molecule has 0 N–H and O–H groups in total. The van der Waals surface area contributed by atoms with Crippen LogP contribution in [0.2, 0.25) is 0 Å². The minimum absolute atomic E-state index is 0.301. The van der Waals surface area contributed by atoms with Gasteiger partial charge in [-0.3, -0.25) is 0 Å². The van der Waals surface area contributed by atoms with Gasteiger partial charge in [0, 0.05) is 5.92 Å². The molecule has 90 valence electrons. The topological polar surface area (TPSA) is 18.5 Å². The lowest BCUT2D eigenvalue weighted by Crippen LogP contribution is -2.23. The second kappa shape index (κ2) is 5.90. The van der Waals surface area contributed by atoms with Crippen LogP contribution in [0.3, 0.4) is 0 Å². The molecule has 0 fully saturated rings. The lowest BCUT2D eigenvalue weighted by Gasteiger charge is -2.29. The molecular formula is C14H22O2. The van der Waals surface area contributed by atoms with E-state index < -0.39 is 0 Å². The summed E-state index contributed by atoms with van der Waals surface area (Å²) in [4.78, 5) is 0. The van der Waals surface area contributed by atoms with E-state index >= 15 is 0 Å². The van der Waals surface area contributed by atoms with Gasteiger partial charge in [-0.05, 0) is 30.2 Å². The van der Waals surface area contributed by atoms with Gasteiger partial charge < -0.3 is 9.47 Å². The molecule has 0 aliphatic carbocycles. The third kappa shape index (κ3) is 2.56. The Morgan fingerprint density at radius 2 is 1.94 bits per heavy atom. The molecular weight excluding hydrogens is 200 g/mol. The van der Waals surface area contributed by atoms with E-state index in [0.717, 1.165) is 12.4 Å². The van der Waals surface area contributed by atoms with Crippen LogP contribution in [0.5, 0.6) is 5.75 Å². The van der Waals surface area contributed by atoms with Crippen LogP contribution in [-0.2, 0) is 11.3 Å². The van der Waals surface area contributed by atoms with Crippen LogP contribution >= 0.6 is 0 Å². The van der Waals surface area contributed by atoms with Crippen LogP contribution in [0.4, 0.5) is 0 Å². The van der Waals surface area contributed by atoms with E-state index in [1.165, 1.54) is 11.1 Å². The summed E-state index contributed by atoms with van der Waals surface area (Å²) in [5.41, 5.74) is 2.65. The standard InChI is InChI=1S/C12H16O2.C2H6/c1-8-9(2)14-7-10-4-5-11(13-3)6-12(8)10;1-2/h4-6,8-9H,7H2,1-3H3;1-2H3/t8?,9-;/m0./s1. The third-order valence-corrected chi connectivity index (χ3v) is 3.05. The molecule has 0 amide bonds. The molecule has 0 saturated heterocycles. The predicted molar refractivity (Wildman–Crippen MR) is 67.0 cm³/mol. The molecule has 1 heterocycles. The zero-order valence-corrected chi connectivity index (χ0v) is 10.9. The minimum Gasteiger partial charge on any atom is -0.497 e. The highest BCUT2D eigenvalue weighted by Gasteiger charge is 2.23. The van der Waals surface area contributed by atoms with Gasteiger partial charge >= 0.3 is 0 Å². The monoisotopic (exact) mass is 222 g/mol. The molecule has 1 unspecified atom stereocenters. The van der Waals surface area contributed by atoms with Crippen LogP contribution in [0.1, 0.15) is 44.7 Å². The first-order valence-corrected chi connectivity index (χ1v) is 6.01. The van der Waals surface area contributed by atoms with Crippen LogP contribution in [0.25, 0.3) is 0 Å². The van der Waals surface area contributed by atoms with Crippen molar-refractivity contribution < 1.29 is 9.47 Å². The molecule has 1 aromatic carbocycles. The van der Waals surface area contributed by atoms with Crippen molar-refractivity contribution in [2.24, 2.45) is 0 Å². The molecule has 2 heteroatoms. The number of hydrogen-bond donors (Lipinski definition) is 0. The van der Waals surface area contributed by atoms with E-state index in [1.807, 2.05) is 19.9 Å². The molecule has 2 atom stereocenters. The fourth-order valence-electron chi connectivity index (χ4n) is 1.87. The van der Waals surface area contributed by atoms with Crippen LogP contribution in [0.15, 0.2) is 18.2 Å². The highest BCUT2D eigenvalue weighted by Crippen LogP contribution is 2.33. The largest absolute Gasteiger partial charge is 0.497 e. The lowest BCUT2D eigenvalue weighted by molar-refractivity contribution is 0.0241. The zero-order valence-electron chi connectivity index (χ0n) is 10.9. The first-order chi connectivity index (χ1) is 7.72. The summed E-state index contributed by atoms with van der Waals surface area (Å²) in [6.07, 6.45) is 0.301. The number of ether oxygens (including phenoxy) is 2. The Kier molecular flexibility index (Phi) is 4.81. The molecule has 2 nitrogen and oxygen atoms in total. The van der Waals surface area contributed by atoms with E-state index in [-0.39, 0.29) is 0 Å². The Hall–Kier alpha value is -1.02. The Balaban J connectivity index is 0.000000606. The normalized spacial score (nSPS) is 22.8. The average Bonchev–Trinajstić information content (AvgIpc) is 2.36. The van der Waals surface area contributed by atoms with Crippen molar-refractivity contribution in [1.82, 2.24) is 0 Å². The molecule has 0 radical (unpaired) electrons. The maximum absolute atomic E-state index is 5.65. The van der Waals surface area contributed by atoms with Gasteiger partial charge in [0.2, 0.25) is 0 Å². The van der Waals surface area contributed by atoms with Crippen molar-refractivity contribution in [3.8, 4) is 5.75 Å². The Labute approximate surface area is 98.6 Å². The van der Waals surface area contributed by atoms with Gasteiger partial charge in [0.25, 0.3) is 0 Å². The molecule has 0 spiro atoms. The van der Waals surface area contributed by atoms with Crippen molar-refractivity contribution in [1.29, 1.82) is 0 Å². The first-order valence-electron chi connectivity index (χ1n) is 6.01. The Morgan fingerprint density at radius 1 is 1.25 bits per heavy atom. The number of rotatable bonds is 1. The summed E-state index contributed by atoms with van der Waals surface area (Å²) >= 11 is 0. The van der Waals surface area contributed by atoms with Gasteiger partial charge in [0.05, 0.1) is 19.8 Å². The van der Waals surface area contributed by atoms with Gasteiger partial charge in [-0.2, -0.15) is 0 Å². The van der Waals surface area contributed by atoms with Gasteiger partial charge in [0.1, 0.15) is 5.75 Å². The second-order valence-corrected chi connectivity index (χ2v) is 3.87. The minimum atomic E-state index is 0.301. The van der Waals surface area contributed by atoms with Gasteiger partial charge in [-0.1, -0.05) is 26.8 Å². The van der Waals surface area contributed by atoms with Crippen molar-refractivity contribution in [3.05, 3.63) is 29.3 Å². The maximum atomic E-state index is 5.65. The van der Waals surface area contributed by atoms with Crippen molar-refractivity contribution in [2.45, 2.75) is 46.3 Å². The van der Waals surface area contributed by atoms with Crippen LogP contribution < -0.4 is 4.74 Å². The van der Waals surface area contributed by atoms with Gasteiger partial charge in [-0.25, -0.2) is 0 Å². The summed E-state index contributed by atoms with van der Waals surface area (Å²) in [5.74, 6) is 1.39. The van der Waals surface area contributed by atoms with Crippen LogP contribution in [0, 0.1) is 0 Å². The molecule has 1 aliphatic rings. The van der Waals surface area contributed by atoms with Gasteiger partial charge in [0.15, 0.2) is 0 Å². The molecule has 0 bridgehead atoms. The smallest absolute Gasteiger partial charge is 0.119 e. The van der Waals surface area contributed by atoms with Crippen LogP contribution in [-0.4, -0.2) is 13.2 Å². The number of fused-ring (bicyclic) bond motifs is 1. The molecule has 0 saturated carbocycles. The summed E-state index contributed by atoms with van der Waals surface area (Å²) in [5, 5.41) is 0. The third-order valence-electron chi connectivity index (χ3n) is 3.05. The second-order valence-electron chi connectivity index (χ2n) is 3.87. The number of methoxy groups -OCH3 is 1. The van der Waals surface area contributed by atoms with E-state index in [1.54, 1.807) is 7.11 Å². The molecule has 0 aromatic heterocycles. The van der Waals surface area contributed by atoms with E-state index in [9.17, 15) is 0 Å². The van der Waals surface area contributed by atoms with E-state index in [0.29, 0.717) is 12.0 Å². The molecule has 1 aliphatic heterocycles. The van der Waals surface area contributed by atoms with Crippen molar-refractivity contribution in [3.63, 3.8) is 0 Å². The van der Waals surface area contributed by atoms with Gasteiger partial charge in [-0.15, -0.1) is 0 Å².